The van der Waals surface area contributed by atoms with Gasteiger partial charge in [-0.3, -0.25) is 0 Å². The molecular weight excluding hydrogens is 400 g/mol. The molecular formula is C28H18S2. The Morgan fingerprint density at radius 2 is 1.30 bits per heavy atom. The van der Waals surface area contributed by atoms with Crippen LogP contribution >= 0.6 is 22.7 Å². The normalized spacial score (nSPS) is 12.3. The van der Waals surface area contributed by atoms with E-state index in [-0.39, 0.29) is 0 Å². The number of benzene rings is 4. The van der Waals surface area contributed by atoms with Crippen LogP contribution in [0.4, 0.5) is 0 Å². The van der Waals surface area contributed by atoms with Crippen molar-refractivity contribution in [3.05, 3.63) is 82.6 Å². The van der Waals surface area contributed by atoms with Gasteiger partial charge in [0.05, 0.1) is 0 Å². The summed E-state index contributed by atoms with van der Waals surface area (Å²) >= 11 is 3.84. The van der Waals surface area contributed by atoms with E-state index in [0.29, 0.717) is 0 Å². The summed E-state index contributed by atoms with van der Waals surface area (Å²) in [6.07, 6.45) is 0. The second-order valence-corrected chi connectivity index (χ2v) is 10.7. The number of thiophene rings is 2. The van der Waals surface area contributed by atoms with E-state index in [1.807, 2.05) is 22.7 Å². The standard InChI is InChI=1S/C28H18S2/c1-15-11-12-23(29-15)24-19-9-5-6-10-20(19)25-22-13-16(2)30-28(22)27-18-8-4-3-7-17(18)14-21(24)26(25)27/h3-14H,1-2H3. The van der Waals surface area contributed by atoms with Gasteiger partial charge in [-0.1, -0.05) is 48.5 Å². The molecule has 0 unspecified atom stereocenters. The number of aryl methyl sites for hydroxylation is 2. The zero-order valence-corrected chi connectivity index (χ0v) is 18.4. The Hall–Kier alpha value is -2.94. The first-order valence-electron chi connectivity index (χ1n) is 10.3. The highest BCUT2D eigenvalue weighted by Gasteiger charge is 2.30. The van der Waals surface area contributed by atoms with E-state index in [9.17, 15) is 0 Å². The molecule has 2 heteroatoms. The van der Waals surface area contributed by atoms with Crippen LogP contribution in [0.15, 0.2) is 72.8 Å². The molecule has 0 spiro atoms. The molecule has 0 bridgehead atoms. The third-order valence-electron chi connectivity index (χ3n) is 6.37. The van der Waals surface area contributed by atoms with Crippen LogP contribution in [-0.2, 0) is 0 Å². The summed E-state index contributed by atoms with van der Waals surface area (Å²) < 4.78 is 0. The summed E-state index contributed by atoms with van der Waals surface area (Å²) in [7, 11) is 0. The molecule has 0 atom stereocenters. The predicted octanol–water partition coefficient (Wildman–Crippen LogP) is 9.20. The fourth-order valence-electron chi connectivity index (χ4n) is 5.24. The molecule has 2 heterocycles. The van der Waals surface area contributed by atoms with Gasteiger partial charge in [0.2, 0.25) is 0 Å². The fraction of sp³-hybridized carbons (Fsp3) is 0.0714. The first kappa shape index (κ1) is 16.8. The summed E-state index contributed by atoms with van der Waals surface area (Å²) in [5, 5.41) is 8.26. The zero-order valence-electron chi connectivity index (χ0n) is 16.7. The molecule has 4 aromatic carbocycles. The molecule has 0 saturated carbocycles. The van der Waals surface area contributed by atoms with Crippen LogP contribution in [0.3, 0.4) is 0 Å². The Balaban J connectivity index is 1.83. The third kappa shape index (κ3) is 2.05. The van der Waals surface area contributed by atoms with Crippen molar-refractivity contribution in [2.45, 2.75) is 13.8 Å². The number of hydrogen-bond donors (Lipinski definition) is 0. The summed E-state index contributed by atoms with van der Waals surface area (Å²) in [4.78, 5) is 5.54. The van der Waals surface area contributed by atoms with E-state index < -0.39 is 0 Å². The van der Waals surface area contributed by atoms with Crippen molar-refractivity contribution in [2.75, 3.05) is 0 Å². The molecule has 1 aliphatic carbocycles. The summed E-state index contributed by atoms with van der Waals surface area (Å²) in [5.41, 5.74) is 5.67. The molecule has 6 aromatic rings. The van der Waals surface area contributed by atoms with Crippen LogP contribution in [0.1, 0.15) is 9.75 Å². The van der Waals surface area contributed by atoms with Crippen molar-refractivity contribution in [1.82, 2.24) is 0 Å². The van der Waals surface area contributed by atoms with Gasteiger partial charge in [0.25, 0.3) is 0 Å². The SMILES string of the molecule is Cc1ccc(-c2c3ccccc3c3c4c(c5ccccc5cc24)-c2sc(C)cc2-3)s1. The zero-order chi connectivity index (χ0) is 20.0. The number of hydrogen-bond acceptors (Lipinski definition) is 2. The minimum absolute atomic E-state index is 1.33. The summed E-state index contributed by atoms with van der Waals surface area (Å²) in [6, 6.07) is 27.3. The van der Waals surface area contributed by atoms with Gasteiger partial charge in [0, 0.05) is 41.6 Å². The third-order valence-corrected chi connectivity index (χ3v) is 8.46. The van der Waals surface area contributed by atoms with Crippen LogP contribution in [0.2, 0.25) is 0 Å². The maximum atomic E-state index is 2.43. The topological polar surface area (TPSA) is 0 Å². The number of fused-ring (bicyclic) bond motifs is 7. The largest absolute Gasteiger partial charge is 0.141 e. The Morgan fingerprint density at radius 3 is 2.07 bits per heavy atom. The van der Waals surface area contributed by atoms with E-state index in [0.717, 1.165) is 0 Å². The minimum atomic E-state index is 1.33. The highest BCUT2D eigenvalue weighted by Crippen LogP contribution is 2.58. The van der Waals surface area contributed by atoms with Crippen LogP contribution in [0, 0.1) is 13.8 Å². The van der Waals surface area contributed by atoms with Gasteiger partial charge < -0.3 is 0 Å². The molecule has 1 aliphatic rings. The average Bonchev–Trinajstić information content (AvgIpc) is 3.43. The van der Waals surface area contributed by atoms with E-state index in [4.69, 9.17) is 0 Å². The van der Waals surface area contributed by atoms with Gasteiger partial charge in [-0.25, -0.2) is 0 Å². The molecule has 0 amide bonds. The van der Waals surface area contributed by atoms with E-state index in [2.05, 4.69) is 86.6 Å². The lowest BCUT2D eigenvalue weighted by Gasteiger charge is -2.15. The lowest BCUT2D eigenvalue weighted by atomic mass is 9.88. The van der Waals surface area contributed by atoms with Crippen molar-refractivity contribution in [3.63, 3.8) is 0 Å². The van der Waals surface area contributed by atoms with Crippen LogP contribution in [0.5, 0.6) is 0 Å². The smallest absolute Gasteiger partial charge is 0.0437 e. The maximum absolute atomic E-state index is 2.43. The van der Waals surface area contributed by atoms with Gasteiger partial charge in [0.1, 0.15) is 0 Å². The molecule has 0 saturated heterocycles. The Labute approximate surface area is 183 Å². The molecule has 142 valence electrons. The molecule has 2 aromatic heterocycles. The van der Waals surface area contributed by atoms with Gasteiger partial charge >= 0.3 is 0 Å². The summed E-state index contributed by atoms with van der Waals surface area (Å²) in [6.45, 7) is 4.43. The first-order valence-corrected chi connectivity index (χ1v) is 11.9. The molecule has 7 rings (SSSR count). The Morgan fingerprint density at radius 1 is 0.567 bits per heavy atom. The van der Waals surface area contributed by atoms with Gasteiger partial charge in [-0.15, -0.1) is 22.7 Å². The molecule has 0 fully saturated rings. The molecule has 30 heavy (non-hydrogen) atoms. The van der Waals surface area contributed by atoms with Crippen LogP contribution in [-0.4, -0.2) is 0 Å². The van der Waals surface area contributed by atoms with Crippen LogP contribution < -0.4 is 0 Å². The lowest BCUT2D eigenvalue weighted by Crippen LogP contribution is -1.88. The first-order chi connectivity index (χ1) is 14.7. The molecule has 0 radical (unpaired) electrons. The summed E-state index contributed by atoms with van der Waals surface area (Å²) in [5.74, 6) is 0. The monoisotopic (exact) mass is 418 g/mol. The minimum Gasteiger partial charge on any atom is -0.141 e. The van der Waals surface area contributed by atoms with Gasteiger partial charge in [-0.05, 0) is 70.6 Å². The highest BCUT2D eigenvalue weighted by molar-refractivity contribution is 7.16. The molecule has 0 nitrogen and oxygen atoms in total. The predicted molar refractivity (Wildman–Crippen MR) is 134 cm³/mol. The van der Waals surface area contributed by atoms with Gasteiger partial charge in [0.15, 0.2) is 0 Å². The Bertz CT molecular complexity index is 1620. The van der Waals surface area contributed by atoms with Crippen molar-refractivity contribution < 1.29 is 0 Å². The fourth-order valence-corrected chi connectivity index (χ4v) is 7.26. The Kier molecular flexibility index (Phi) is 3.26. The highest BCUT2D eigenvalue weighted by atomic mass is 32.1. The van der Waals surface area contributed by atoms with Crippen LogP contribution in [0.25, 0.3) is 64.3 Å². The van der Waals surface area contributed by atoms with Crippen molar-refractivity contribution in [2.24, 2.45) is 0 Å². The molecule has 0 N–H and O–H groups in total. The van der Waals surface area contributed by atoms with E-state index >= 15 is 0 Å². The van der Waals surface area contributed by atoms with Crippen molar-refractivity contribution in [1.29, 1.82) is 0 Å². The van der Waals surface area contributed by atoms with Crippen molar-refractivity contribution >= 4 is 55.0 Å². The van der Waals surface area contributed by atoms with Crippen molar-refractivity contribution in [3.8, 4) is 32.0 Å². The quantitative estimate of drug-likeness (QED) is 0.233. The lowest BCUT2D eigenvalue weighted by molar-refractivity contribution is 1.64. The second kappa shape index (κ2) is 5.81. The maximum Gasteiger partial charge on any atom is 0.0437 e. The molecule has 0 aliphatic heterocycles. The average molecular weight is 419 g/mol. The van der Waals surface area contributed by atoms with Gasteiger partial charge in [-0.2, -0.15) is 0 Å². The second-order valence-electron chi connectivity index (χ2n) is 8.20. The van der Waals surface area contributed by atoms with E-state index in [1.54, 1.807) is 0 Å². The number of rotatable bonds is 1. The van der Waals surface area contributed by atoms with E-state index in [1.165, 1.54) is 74.1 Å².